The summed E-state index contributed by atoms with van der Waals surface area (Å²) in [6.07, 6.45) is 0. The molecule has 0 aliphatic rings. The molecule has 2 aromatic rings. The fourth-order valence-electron chi connectivity index (χ4n) is 1.28. The van der Waals surface area contributed by atoms with Crippen LogP contribution < -0.4 is 5.32 Å². The highest BCUT2D eigenvalue weighted by Gasteiger charge is 2.15. The van der Waals surface area contributed by atoms with Gasteiger partial charge >= 0.3 is 5.97 Å². The number of thiophene rings is 1. The second-order valence-electron chi connectivity index (χ2n) is 3.27. The first-order valence-electron chi connectivity index (χ1n) is 4.82. The Kier molecular flexibility index (Phi) is 3.73. The maximum absolute atomic E-state index is 11.9. The summed E-state index contributed by atoms with van der Waals surface area (Å²) in [7, 11) is 0. The van der Waals surface area contributed by atoms with Crippen molar-refractivity contribution in [1.29, 1.82) is 0 Å². The third-order valence-electron chi connectivity index (χ3n) is 2.07. The van der Waals surface area contributed by atoms with Crippen LogP contribution in [-0.2, 0) is 0 Å². The molecule has 2 rings (SSSR count). The quantitative estimate of drug-likeness (QED) is 0.850. The van der Waals surface area contributed by atoms with Crippen LogP contribution >= 0.6 is 27.3 Å². The van der Waals surface area contributed by atoms with Crippen LogP contribution in [-0.4, -0.2) is 22.0 Å². The number of hydrogen-bond acceptors (Lipinski definition) is 4. The largest absolute Gasteiger partial charge is 0.478 e. The minimum absolute atomic E-state index is 0.0725. The van der Waals surface area contributed by atoms with E-state index in [1.54, 1.807) is 23.6 Å². The van der Waals surface area contributed by atoms with E-state index in [9.17, 15) is 9.59 Å². The van der Waals surface area contributed by atoms with Crippen molar-refractivity contribution in [3.63, 3.8) is 0 Å². The number of amides is 1. The molecule has 0 aliphatic heterocycles. The van der Waals surface area contributed by atoms with Gasteiger partial charge in [0.25, 0.3) is 5.91 Å². The summed E-state index contributed by atoms with van der Waals surface area (Å²) in [6, 6.07) is 6.37. The summed E-state index contributed by atoms with van der Waals surface area (Å²) in [6.45, 7) is 0. The van der Waals surface area contributed by atoms with Crippen LogP contribution in [0.1, 0.15) is 20.8 Å². The fourth-order valence-corrected chi connectivity index (χ4v) is 2.39. The summed E-state index contributed by atoms with van der Waals surface area (Å²) < 4.78 is 0.541. The third-order valence-corrected chi connectivity index (χ3v) is 3.34. The first-order chi connectivity index (χ1) is 8.58. The maximum atomic E-state index is 11.9. The Hall–Kier alpha value is -1.73. The number of carboxylic acids is 1. The normalized spacial score (nSPS) is 10.1. The van der Waals surface area contributed by atoms with Crippen LogP contribution in [0.4, 0.5) is 5.00 Å². The highest BCUT2D eigenvalue weighted by atomic mass is 79.9. The van der Waals surface area contributed by atoms with Crippen molar-refractivity contribution in [3.05, 3.63) is 45.5 Å². The number of aromatic carboxylic acids is 1. The SMILES string of the molecule is O=C(Nc1sccc1C(=O)O)c1cccc(Br)n1. The lowest BCUT2D eigenvalue weighted by molar-refractivity contribution is 0.0698. The van der Waals surface area contributed by atoms with E-state index >= 15 is 0 Å². The van der Waals surface area contributed by atoms with Crippen LogP contribution in [0.3, 0.4) is 0 Å². The minimum Gasteiger partial charge on any atom is -0.478 e. The van der Waals surface area contributed by atoms with Crippen LogP contribution in [0.25, 0.3) is 0 Å². The molecule has 1 amide bonds. The fraction of sp³-hybridized carbons (Fsp3) is 0. The van der Waals surface area contributed by atoms with E-state index < -0.39 is 11.9 Å². The monoisotopic (exact) mass is 326 g/mol. The lowest BCUT2D eigenvalue weighted by atomic mass is 10.3. The molecule has 0 radical (unpaired) electrons. The average molecular weight is 327 g/mol. The second kappa shape index (κ2) is 5.28. The van der Waals surface area contributed by atoms with Crippen LogP contribution in [0, 0.1) is 0 Å². The standard InChI is InChI=1S/C11H7BrN2O3S/c12-8-3-1-2-7(13-8)9(15)14-10-6(11(16)17)4-5-18-10/h1-5H,(H,14,15)(H,16,17). The highest BCUT2D eigenvalue weighted by molar-refractivity contribution is 9.10. The van der Waals surface area contributed by atoms with Crippen LogP contribution in [0.15, 0.2) is 34.2 Å². The molecule has 7 heteroatoms. The zero-order chi connectivity index (χ0) is 13.1. The van der Waals surface area contributed by atoms with Crippen molar-refractivity contribution in [2.24, 2.45) is 0 Å². The van der Waals surface area contributed by atoms with Gasteiger partial charge < -0.3 is 10.4 Å². The Morgan fingerprint density at radius 1 is 1.33 bits per heavy atom. The van der Waals surface area contributed by atoms with E-state index in [0.717, 1.165) is 11.3 Å². The number of aromatic nitrogens is 1. The number of rotatable bonds is 3. The van der Waals surface area contributed by atoms with E-state index in [1.807, 2.05) is 0 Å². The first kappa shape index (κ1) is 12.7. The zero-order valence-electron chi connectivity index (χ0n) is 8.88. The molecule has 0 aliphatic carbocycles. The molecule has 0 fully saturated rings. The van der Waals surface area contributed by atoms with Crippen molar-refractivity contribution in [3.8, 4) is 0 Å². The van der Waals surface area contributed by atoms with Gasteiger partial charge in [-0.3, -0.25) is 4.79 Å². The number of nitrogens with zero attached hydrogens (tertiary/aromatic N) is 1. The molecular formula is C11H7BrN2O3S. The van der Waals surface area contributed by atoms with E-state index in [2.05, 4.69) is 26.2 Å². The zero-order valence-corrected chi connectivity index (χ0v) is 11.3. The minimum atomic E-state index is -1.08. The van der Waals surface area contributed by atoms with Crippen molar-refractivity contribution >= 4 is 44.1 Å². The molecule has 5 nitrogen and oxygen atoms in total. The molecular weight excluding hydrogens is 320 g/mol. The summed E-state index contributed by atoms with van der Waals surface area (Å²) in [5.74, 6) is -1.52. The van der Waals surface area contributed by atoms with Crippen molar-refractivity contribution in [2.45, 2.75) is 0 Å². The molecule has 92 valence electrons. The Morgan fingerprint density at radius 3 is 2.78 bits per heavy atom. The van der Waals surface area contributed by atoms with Gasteiger partial charge in [0, 0.05) is 0 Å². The topological polar surface area (TPSA) is 79.3 Å². The molecule has 0 spiro atoms. The van der Waals surface area contributed by atoms with Gasteiger partial charge in [-0.1, -0.05) is 6.07 Å². The number of anilines is 1. The predicted octanol–water partition coefficient (Wildman–Crippen LogP) is 2.86. The van der Waals surface area contributed by atoms with E-state index in [-0.39, 0.29) is 11.3 Å². The maximum Gasteiger partial charge on any atom is 0.338 e. The number of carboxylic acid groups (broad SMARTS) is 1. The smallest absolute Gasteiger partial charge is 0.338 e. The molecule has 2 N–H and O–H groups in total. The van der Waals surface area contributed by atoms with E-state index in [1.165, 1.54) is 6.07 Å². The highest BCUT2D eigenvalue weighted by Crippen LogP contribution is 2.23. The van der Waals surface area contributed by atoms with Crippen molar-refractivity contribution in [1.82, 2.24) is 4.98 Å². The molecule has 0 saturated heterocycles. The Morgan fingerprint density at radius 2 is 2.11 bits per heavy atom. The molecule has 0 bridgehead atoms. The van der Waals surface area contributed by atoms with Crippen LogP contribution in [0.5, 0.6) is 0 Å². The molecule has 2 heterocycles. The Bertz CT molecular complexity index is 612. The molecule has 2 aromatic heterocycles. The van der Waals surface area contributed by atoms with Gasteiger partial charge in [-0.05, 0) is 39.5 Å². The van der Waals surface area contributed by atoms with Crippen LogP contribution in [0.2, 0.25) is 0 Å². The summed E-state index contributed by atoms with van der Waals surface area (Å²) >= 11 is 4.32. The number of carbonyl (C=O) groups excluding carboxylic acids is 1. The number of pyridine rings is 1. The molecule has 0 unspecified atom stereocenters. The van der Waals surface area contributed by atoms with Gasteiger partial charge in [-0.15, -0.1) is 11.3 Å². The molecule has 18 heavy (non-hydrogen) atoms. The average Bonchev–Trinajstić information content (AvgIpc) is 2.77. The van der Waals surface area contributed by atoms with Gasteiger partial charge in [0.15, 0.2) is 0 Å². The molecule has 0 saturated carbocycles. The van der Waals surface area contributed by atoms with Gasteiger partial charge in [0.2, 0.25) is 0 Å². The van der Waals surface area contributed by atoms with Gasteiger partial charge in [0.1, 0.15) is 15.3 Å². The van der Waals surface area contributed by atoms with Crippen molar-refractivity contribution in [2.75, 3.05) is 5.32 Å². The summed E-state index contributed by atoms with van der Waals surface area (Å²) in [4.78, 5) is 26.7. The van der Waals surface area contributed by atoms with Gasteiger partial charge in [-0.2, -0.15) is 0 Å². The predicted molar refractivity (Wildman–Crippen MR) is 71.2 cm³/mol. The Labute approximate surface area is 115 Å². The molecule has 0 atom stereocenters. The number of nitrogens with one attached hydrogen (secondary N) is 1. The Balaban J connectivity index is 2.21. The van der Waals surface area contributed by atoms with Gasteiger partial charge in [-0.25, -0.2) is 9.78 Å². The van der Waals surface area contributed by atoms with Gasteiger partial charge in [0.05, 0.1) is 5.56 Å². The lowest BCUT2D eigenvalue weighted by Gasteiger charge is -2.03. The van der Waals surface area contributed by atoms with E-state index in [4.69, 9.17) is 5.11 Å². The van der Waals surface area contributed by atoms with E-state index in [0.29, 0.717) is 9.60 Å². The summed E-state index contributed by atoms with van der Waals surface area (Å²) in [5, 5.41) is 13.3. The number of hydrogen-bond donors (Lipinski definition) is 2. The third kappa shape index (κ3) is 2.74. The summed E-state index contributed by atoms with van der Waals surface area (Å²) in [5.41, 5.74) is 0.289. The number of carbonyl (C=O) groups is 2. The molecule has 0 aromatic carbocycles. The first-order valence-corrected chi connectivity index (χ1v) is 6.50. The lowest BCUT2D eigenvalue weighted by Crippen LogP contribution is -2.14. The second-order valence-corrected chi connectivity index (χ2v) is 5.00. The number of halogens is 1. The van der Waals surface area contributed by atoms with Crippen molar-refractivity contribution < 1.29 is 14.7 Å².